The van der Waals surface area contributed by atoms with E-state index in [1.165, 1.54) is 0 Å². The highest BCUT2D eigenvalue weighted by Gasteiger charge is 2.36. The van der Waals surface area contributed by atoms with Gasteiger partial charge in [0.25, 0.3) is 11.8 Å². The lowest BCUT2D eigenvalue weighted by atomic mass is 9.93. The van der Waals surface area contributed by atoms with Crippen molar-refractivity contribution in [1.29, 1.82) is 5.26 Å². The van der Waals surface area contributed by atoms with E-state index in [0.29, 0.717) is 46.2 Å². The number of para-hydroxylation sites is 1. The molecule has 212 valence electrons. The molecule has 2 aliphatic heterocycles. The number of ether oxygens (including phenoxy) is 3. The summed E-state index contributed by atoms with van der Waals surface area (Å²) in [6.45, 7) is 5.75. The Balaban J connectivity index is 1.42. The van der Waals surface area contributed by atoms with Crippen LogP contribution in [0.4, 0.5) is 0 Å². The van der Waals surface area contributed by atoms with Gasteiger partial charge in [-0.15, -0.1) is 0 Å². The molecule has 0 bridgehead atoms. The minimum atomic E-state index is -0.643. The standard InChI is InChI=1S/C34H26N4O5/c1-3-15-41-27-12-10-24(11-13-27)32-25(20-38(36-32)26-7-5-4-6-8-26)17-28-22(2)29(18-35)34(40)37(33(28)39)19-23-9-14-30-31(16-23)43-21-42-30/h3-14,16-17,20H,1,15,19,21H2,2H3/b28-17+. The minimum absolute atomic E-state index is 0.0353. The highest BCUT2D eigenvalue weighted by atomic mass is 16.7. The molecule has 4 aromatic rings. The number of imide groups is 1. The van der Waals surface area contributed by atoms with E-state index in [-0.39, 0.29) is 24.5 Å². The minimum Gasteiger partial charge on any atom is -0.490 e. The van der Waals surface area contributed by atoms with Gasteiger partial charge in [-0.25, -0.2) is 4.68 Å². The van der Waals surface area contributed by atoms with Crippen LogP contribution in [0.5, 0.6) is 17.2 Å². The predicted molar refractivity (Wildman–Crippen MR) is 159 cm³/mol. The molecule has 2 aliphatic rings. The van der Waals surface area contributed by atoms with E-state index in [9.17, 15) is 14.9 Å². The summed E-state index contributed by atoms with van der Waals surface area (Å²) in [6, 6.07) is 24.3. The Morgan fingerprint density at radius 1 is 1.02 bits per heavy atom. The maximum atomic E-state index is 13.9. The second kappa shape index (κ2) is 11.5. The fraction of sp³-hybridized carbons (Fsp3) is 0.118. The Morgan fingerprint density at radius 3 is 2.53 bits per heavy atom. The molecule has 6 rings (SSSR count). The summed E-state index contributed by atoms with van der Waals surface area (Å²) < 4.78 is 18.2. The summed E-state index contributed by atoms with van der Waals surface area (Å²) in [5.41, 5.74) is 4.00. The van der Waals surface area contributed by atoms with Crippen molar-refractivity contribution in [3.05, 3.63) is 119 Å². The number of nitriles is 1. The van der Waals surface area contributed by atoms with Gasteiger partial charge in [-0.1, -0.05) is 36.9 Å². The summed E-state index contributed by atoms with van der Waals surface area (Å²) in [6.07, 6.45) is 5.19. The first-order valence-electron chi connectivity index (χ1n) is 13.5. The van der Waals surface area contributed by atoms with Crippen molar-refractivity contribution in [2.45, 2.75) is 13.5 Å². The number of carbonyl (C=O) groups is 2. The van der Waals surface area contributed by atoms with E-state index in [0.717, 1.165) is 16.2 Å². The van der Waals surface area contributed by atoms with Gasteiger partial charge in [-0.3, -0.25) is 14.5 Å². The second-order valence-corrected chi connectivity index (χ2v) is 9.89. The second-order valence-electron chi connectivity index (χ2n) is 9.89. The van der Waals surface area contributed by atoms with Crippen LogP contribution in [0.15, 0.2) is 108 Å². The molecule has 3 aromatic carbocycles. The van der Waals surface area contributed by atoms with Crippen LogP contribution in [0, 0.1) is 11.3 Å². The van der Waals surface area contributed by atoms with Crippen LogP contribution >= 0.6 is 0 Å². The molecule has 0 N–H and O–H groups in total. The zero-order valence-electron chi connectivity index (χ0n) is 23.3. The topological polar surface area (TPSA) is 107 Å². The van der Waals surface area contributed by atoms with E-state index in [1.54, 1.807) is 42.0 Å². The van der Waals surface area contributed by atoms with E-state index in [4.69, 9.17) is 19.3 Å². The number of fused-ring (bicyclic) bond motifs is 1. The van der Waals surface area contributed by atoms with Gasteiger partial charge in [-0.2, -0.15) is 10.4 Å². The number of carbonyl (C=O) groups excluding carboxylic acids is 2. The monoisotopic (exact) mass is 570 g/mol. The molecule has 0 atom stereocenters. The molecule has 0 fully saturated rings. The molecular formula is C34H26N4O5. The van der Waals surface area contributed by atoms with E-state index in [1.807, 2.05) is 66.9 Å². The zero-order chi connectivity index (χ0) is 29.9. The van der Waals surface area contributed by atoms with Crippen LogP contribution in [0.2, 0.25) is 0 Å². The van der Waals surface area contributed by atoms with Gasteiger partial charge >= 0.3 is 0 Å². The number of hydrogen-bond donors (Lipinski definition) is 0. The molecule has 9 nitrogen and oxygen atoms in total. The van der Waals surface area contributed by atoms with Gasteiger partial charge in [0.1, 0.15) is 24.0 Å². The Kier molecular flexibility index (Phi) is 7.33. The maximum absolute atomic E-state index is 13.9. The van der Waals surface area contributed by atoms with E-state index >= 15 is 0 Å². The first-order valence-corrected chi connectivity index (χ1v) is 13.5. The third-order valence-electron chi connectivity index (χ3n) is 7.16. The van der Waals surface area contributed by atoms with Crippen molar-refractivity contribution in [3.8, 4) is 40.3 Å². The SMILES string of the molecule is C=CCOc1ccc(-c2nn(-c3ccccc3)cc2/C=C2/C(=O)N(Cc3ccc4c(c3)OCO4)C(=O)C(C#N)=C2C)cc1. The summed E-state index contributed by atoms with van der Waals surface area (Å²) in [4.78, 5) is 28.3. The summed E-state index contributed by atoms with van der Waals surface area (Å²) in [5.74, 6) is 0.665. The number of amides is 2. The van der Waals surface area contributed by atoms with E-state index in [2.05, 4.69) is 6.58 Å². The lowest BCUT2D eigenvalue weighted by Gasteiger charge is -2.27. The molecule has 0 unspecified atom stereocenters. The third-order valence-corrected chi connectivity index (χ3v) is 7.16. The van der Waals surface area contributed by atoms with Crippen LogP contribution in [0.3, 0.4) is 0 Å². The predicted octanol–water partition coefficient (Wildman–Crippen LogP) is 5.63. The Morgan fingerprint density at radius 2 is 1.79 bits per heavy atom. The van der Waals surface area contributed by atoms with Gasteiger partial charge in [0, 0.05) is 22.9 Å². The highest BCUT2D eigenvalue weighted by molar-refractivity contribution is 6.19. The highest BCUT2D eigenvalue weighted by Crippen LogP contribution is 2.35. The summed E-state index contributed by atoms with van der Waals surface area (Å²) in [5, 5.41) is 14.8. The van der Waals surface area contributed by atoms with Gasteiger partial charge in [-0.05, 0) is 72.7 Å². The molecule has 1 aromatic heterocycles. The largest absolute Gasteiger partial charge is 0.490 e. The van der Waals surface area contributed by atoms with Gasteiger partial charge in [0.2, 0.25) is 6.79 Å². The molecule has 43 heavy (non-hydrogen) atoms. The molecule has 2 amide bonds. The molecule has 0 radical (unpaired) electrons. The maximum Gasteiger partial charge on any atom is 0.271 e. The Labute approximate surface area is 248 Å². The summed E-state index contributed by atoms with van der Waals surface area (Å²) >= 11 is 0. The number of hydrogen-bond acceptors (Lipinski definition) is 7. The molecule has 9 heteroatoms. The molecule has 3 heterocycles. The van der Waals surface area contributed by atoms with Crippen LogP contribution in [0.25, 0.3) is 23.0 Å². The third kappa shape index (κ3) is 5.29. The molecule has 0 aliphatic carbocycles. The van der Waals surface area contributed by atoms with Gasteiger partial charge < -0.3 is 14.2 Å². The van der Waals surface area contributed by atoms with Gasteiger partial charge in [0.05, 0.1) is 17.9 Å². The van der Waals surface area contributed by atoms with Crippen molar-refractivity contribution >= 4 is 17.9 Å². The number of aromatic nitrogens is 2. The van der Waals surface area contributed by atoms with Crippen LogP contribution in [-0.4, -0.2) is 39.9 Å². The van der Waals surface area contributed by atoms with Crippen molar-refractivity contribution in [2.24, 2.45) is 0 Å². The first kappa shape index (κ1) is 27.3. The number of benzene rings is 3. The molecule has 0 saturated carbocycles. The quantitative estimate of drug-likeness (QED) is 0.154. The number of rotatable bonds is 8. The summed E-state index contributed by atoms with van der Waals surface area (Å²) in [7, 11) is 0. The van der Waals surface area contributed by atoms with Crippen molar-refractivity contribution in [2.75, 3.05) is 13.4 Å². The lowest BCUT2D eigenvalue weighted by molar-refractivity contribution is -0.141. The fourth-order valence-corrected chi connectivity index (χ4v) is 4.95. The number of nitrogens with zero attached hydrogens (tertiary/aromatic N) is 4. The van der Waals surface area contributed by atoms with Crippen molar-refractivity contribution in [3.63, 3.8) is 0 Å². The fourth-order valence-electron chi connectivity index (χ4n) is 4.95. The van der Waals surface area contributed by atoms with Gasteiger partial charge in [0.15, 0.2) is 11.5 Å². The average molecular weight is 571 g/mol. The molecule has 0 spiro atoms. The first-order chi connectivity index (χ1) is 21.0. The normalized spacial score (nSPS) is 15.2. The molecular weight excluding hydrogens is 544 g/mol. The average Bonchev–Trinajstić information content (AvgIpc) is 3.68. The Bertz CT molecular complexity index is 1850. The van der Waals surface area contributed by atoms with Crippen LogP contribution < -0.4 is 14.2 Å². The zero-order valence-corrected chi connectivity index (χ0v) is 23.3. The van der Waals surface area contributed by atoms with Crippen molar-refractivity contribution < 1.29 is 23.8 Å². The Hall–Kier alpha value is -5.88. The molecule has 0 saturated heterocycles. The lowest BCUT2D eigenvalue weighted by Crippen LogP contribution is -2.42. The smallest absolute Gasteiger partial charge is 0.271 e. The van der Waals surface area contributed by atoms with Crippen molar-refractivity contribution in [1.82, 2.24) is 14.7 Å². The van der Waals surface area contributed by atoms with Crippen LogP contribution in [-0.2, 0) is 16.1 Å². The van der Waals surface area contributed by atoms with Crippen LogP contribution in [0.1, 0.15) is 18.1 Å². The van der Waals surface area contributed by atoms with E-state index < -0.39 is 11.8 Å².